The van der Waals surface area contributed by atoms with Crippen molar-refractivity contribution >= 4 is 17.7 Å². The average molecular weight is 261 g/mol. The first-order valence-corrected chi connectivity index (χ1v) is 6.07. The maximum atomic E-state index is 11.8. The maximum Gasteiger partial charge on any atom is 0.338 e. The molecule has 0 radical (unpaired) electrons. The van der Waals surface area contributed by atoms with Crippen molar-refractivity contribution in [2.24, 2.45) is 5.92 Å². The van der Waals surface area contributed by atoms with Gasteiger partial charge in [-0.2, -0.15) is 0 Å². The van der Waals surface area contributed by atoms with Crippen LogP contribution in [-0.4, -0.2) is 29.8 Å². The Kier molecular flexibility index (Phi) is 3.64. The van der Waals surface area contributed by atoms with Gasteiger partial charge in [-0.3, -0.25) is 9.59 Å². The molecule has 5 nitrogen and oxygen atoms in total. The van der Waals surface area contributed by atoms with Crippen LogP contribution in [0.4, 0.5) is 0 Å². The third-order valence-electron chi connectivity index (χ3n) is 3.21. The molecule has 0 aromatic heterocycles. The fourth-order valence-corrected chi connectivity index (χ4v) is 2.12. The second-order valence-electron chi connectivity index (χ2n) is 4.60. The lowest BCUT2D eigenvalue weighted by Crippen LogP contribution is -2.65. The number of carbonyl (C=O) groups excluding carboxylic acids is 3. The van der Waals surface area contributed by atoms with E-state index in [-0.39, 0.29) is 11.7 Å². The van der Waals surface area contributed by atoms with Gasteiger partial charge >= 0.3 is 5.97 Å². The molecule has 1 amide bonds. The van der Waals surface area contributed by atoms with Crippen molar-refractivity contribution in [3.63, 3.8) is 0 Å². The average Bonchev–Trinajstić information content (AvgIpc) is 2.36. The van der Waals surface area contributed by atoms with Crippen LogP contribution in [0.5, 0.6) is 0 Å². The topological polar surface area (TPSA) is 72.5 Å². The zero-order chi connectivity index (χ0) is 14.0. The van der Waals surface area contributed by atoms with Gasteiger partial charge in [0, 0.05) is 0 Å². The second kappa shape index (κ2) is 5.22. The third-order valence-corrected chi connectivity index (χ3v) is 3.21. The molecule has 100 valence electrons. The largest absolute Gasteiger partial charge is 0.458 e. The minimum atomic E-state index is -0.629. The van der Waals surface area contributed by atoms with Gasteiger partial charge in [0.05, 0.1) is 5.56 Å². The Bertz CT molecular complexity index is 511. The summed E-state index contributed by atoms with van der Waals surface area (Å²) in [7, 11) is 0. The van der Waals surface area contributed by atoms with Crippen LogP contribution in [0, 0.1) is 5.92 Å². The molecular weight excluding hydrogens is 246 g/mol. The van der Waals surface area contributed by atoms with Crippen molar-refractivity contribution in [3.8, 4) is 0 Å². The van der Waals surface area contributed by atoms with Crippen LogP contribution in [0.1, 0.15) is 24.2 Å². The molecule has 1 fully saturated rings. The highest BCUT2D eigenvalue weighted by molar-refractivity contribution is 5.99. The van der Waals surface area contributed by atoms with Crippen LogP contribution in [0.3, 0.4) is 0 Å². The Morgan fingerprint density at radius 3 is 2.42 bits per heavy atom. The van der Waals surface area contributed by atoms with Gasteiger partial charge in [-0.05, 0) is 26.0 Å². The molecule has 5 heteroatoms. The number of benzene rings is 1. The van der Waals surface area contributed by atoms with E-state index in [4.69, 9.17) is 4.74 Å². The summed E-state index contributed by atoms with van der Waals surface area (Å²) in [6.45, 7) is 3.03. The summed E-state index contributed by atoms with van der Waals surface area (Å²) in [5.41, 5.74) is 0.424. The van der Waals surface area contributed by atoms with Crippen molar-refractivity contribution in [2.45, 2.75) is 26.0 Å². The molecule has 19 heavy (non-hydrogen) atoms. The number of rotatable bonds is 4. The molecule has 0 aliphatic carbocycles. The summed E-state index contributed by atoms with van der Waals surface area (Å²) in [6.07, 6.45) is -0.629. The Balaban J connectivity index is 2.01. The number of nitrogens with one attached hydrogen (secondary N) is 1. The van der Waals surface area contributed by atoms with Crippen LogP contribution in [-0.2, 0) is 14.3 Å². The second-order valence-corrected chi connectivity index (χ2v) is 4.60. The Labute approximate surface area is 110 Å². The zero-order valence-corrected chi connectivity index (χ0v) is 10.8. The van der Waals surface area contributed by atoms with E-state index in [9.17, 15) is 14.4 Å². The molecule has 0 unspecified atom stereocenters. The van der Waals surface area contributed by atoms with Gasteiger partial charge in [0.25, 0.3) is 0 Å². The predicted octanol–water partition coefficient (Wildman–Crippen LogP) is 0.935. The fourth-order valence-electron chi connectivity index (χ4n) is 2.12. The van der Waals surface area contributed by atoms with E-state index in [1.165, 1.54) is 6.92 Å². The summed E-state index contributed by atoms with van der Waals surface area (Å²) in [6, 6.07) is 7.99. The first kappa shape index (κ1) is 13.3. The van der Waals surface area contributed by atoms with E-state index in [1.807, 2.05) is 0 Å². The number of β-lactam (4-membered cyclic amide) rings is 1. The predicted molar refractivity (Wildman–Crippen MR) is 67.4 cm³/mol. The highest BCUT2D eigenvalue weighted by Crippen LogP contribution is 2.23. The smallest absolute Gasteiger partial charge is 0.338 e. The van der Waals surface area contributed by atoms with Crippen molar-refractivity contribution < 1.29 is 19.1 Å². The molecule has 2 rings (SSSR count). The van der Waals surface area contributed by atoms with Gasteiger partial charge in [-0.25, -0.2) is 4.79 Å². The number of ether oxygens (including phenoxy) is 1. The van der Waals surface area contributed by atoms with E-state index >= 15 is 0 Å². The van der Waals surface area contributed by atoms with Gasteiger partial charge in [-0.1, -0.05) is 18.2 Å². The highest BCUT2D eigenvalue weighted by atomic mass is 16.5. The molecule has 1 aliphatic heterocycles. The molecular formula is C14H15NO4. The number of Topliss-reactive ketones (excluding diaryl/α,β-unsaturated/α-hetero) is 1. The lowest BCUT2D eigenvalue weighted by molar-refractivity contribution is -0.147. The number of hydrogen-bond donors (Lipinski definition) is 1. The Morgan fingerprint density at radius 1 is 1.26 bits per heavy atom. The SMILES string of the molecule is CC(=O)[C@H]1NC(=O)[C@H]1[C@H](C)OC(=O)c1ccccc1. The van der Waals surface area contributed by atoms with E-state index in [1.54, 1.807) is 37.3 Å². The van der Waals surface area contributed by atoms with Crippen LogP contribution in [0.15, 0.2) is 30.3 Å². The molecule has 0 bridgehead atoms. The number of ketones is 1. The fraction of sp³-hybridized carbons (Fsp3) is 0.357. The molecule has 1 aromatic carbocycles. The van der Waals surface area contributed by atoms with E-state index in [0.717, 1.165) is 0 Å². The molecule has 1 heterocycles. The molecule has 1 N–H and O–H groups in total. The Morgan fingerprint density at radius 2 is 1.89 bits per heavy atom. The number of carbonyl (C=O) groups is 3. The quantitative estimate of drug-likeness (QED) is 0.646. The summed E-state index contributed by atoms with van der Waals surface area (Å²) < 4.78 is 5.24. The number of hydrogen-bond acceptors (Lipinski definition) is 4. The maximum absolute atomic E-state index is 11.8. The molecule has 1 saturated heterocycles. The standard InChI is InChI=1S/C14H15NO4/c1-8(16)12-11(13(17)15-12)9(2)19-14(18)10-6-4-3-5-7-10/h3-7,9,11-12H,1-2H3,(H,15,17)/t9-,11-,12+/m0/s1. The van der Waals surface area contributed by atoms with E-state index in [0.29, 0.717) is 5.56 Å². The lowest BCUT2D eigenvalue weighted by Gasteiger charge is -2.38. The zero-order valence-electron chi connectivity index (χ0n) is 10.8. The van der Waals surface area contributed by atoms with E-state index in [2.05, 4.69) is 5.32 Å². The summed E-state index contributed by atoms with van der Waals surface area (Å²) in [5, 5.41) is 2.51. The van der Waals surface area contributed by atoms with Gasteiger partial charge < -0.3 is 10.1 Å². The number of amides is 1. The first-order valence-electron chi connectivity index (χ1n) is 6.07. The summed E-state index contributed by atoms with van der Waals surface area (Å²) in [5.74, 6) is -1.47. The first-order chi connectivity index (χ1) is 9.00. The Hall–Kier alpha value is -2.17. The molecule has 0 spiro atoms. The van der Waals surface area contributed by atoms with Crippen LogP contribution >= 0.6 is 0 Å². The van der Waals surface area contributed by atoms with Crippen molar-refractivity contribution in [2.75, 3.05) is 0 Å². The monoisotopic (exact) mass is 261 g/mol. The van der Waals surface area contributed by atoms with Crippen LogP contribution in [0.2, 0.25) is 0 Å². The third kappa shape index (κ3) is 2.65. The minimum absolute atomic E-state index is 0.132. The summed E-state index contributed by atoms with van der Waals surface area (Å²) in [4.78, 5) is 34.6. The van der Waals surface area contributed by atoms with Crippen molar-refractivity contribution in [1.82, 2.24) is 5.32 Å². The van der Waals surface area contributed by atoms with E-state index < -0.39 is 24.0 Å². The van der Waals surface area contributed by atoms with Crippen molar-refractivity contribution in [3.05, 3.63) is 35.9 Å². The number of esters is 1. The molecule has 1 aliphatic rings. The highest BCUT2D eigenvalue weighted by Gasteiger charge is 2.47. The van der Waals surface area contributed by atoms with Crippen LogP contribution in [0.25, 0.3) is 0 Å². The minimum Gasteiger partial charge on any atom is -0.458 e. The van der Waals surface area contributed by atoms with Gasteiger partial charge in [-0.15, -0.1) is 0 Å². The van der Waals surface area contributed by atoms with Gasteiger partial charge in [0.15, 0.2) is 5.78 Å². The molecule has 0 saturated carbocycles. The van der Waals surface area contributed by atoms with Gasteiger partial charge in [0.2, 0.25) is 5.91 Å². The van der Waals surface area contributed by atoms with Gasteiger partial charge in [0.1, 0.15) is 18.1 Å². The molecule has 3 atom stereocenters. The van der Waals surface area contributed by atoms with Crippen LogP contribution < -0.4 is 5.32 Å². The molecule has 1 aromatic rings. The lowest BCUT2D eigenvalue weighted by atomic mass is 9.84. The van der Waals surface area contributed by atoms with Crippen molar-refractivity contribution in [1.29, 1.82) is 0 Å². The summed E-state index contributed by atoms with van der Waals surface area (Å²) >= 11 is 0. The normalized spacial score (nSPS) is 22.9.